The normalized spacial score (nSPS) is 11.6. The van der Waals surface area contributed by atoms with E-state index < -0.39 is 0 Å². The summed E-state index contributed by atoms with van der Waals surface area (Å²) in [4.78, 5) is 12.6. The molecule has 39 heavy (non-hydrogen) atoms. The predicted octanol–water partition coefficient (Wildman–Crippen LogP) is 5.31. The summed E-state index contributed by atoms with van der Waals surface area (Å²) >= 11 is 1.30. The molecule has 3 aromatic carbocycles. The Morgan fingerprint density at radius 2 is 1.85 bits per heavy atom. The topological polar surface area (TPSA) is 103 Å². The molecule has 0 saturated carbocycles. The summed E-state index contributed by atoms with van der Waals surface area (Å²) in [5.41, 5.74) is 7.35. The van der Waals surface area contributed by atoms with Crippen LogP contribution in [0.3, 0.4) is 0 Å². The fourth-order valence-corrected chi connectivity index (χ4v) is 4.66. The molecular formula is C30H34N5O3S+. The van der Waals surface area contributed by atoms with Crippen LogP contribution in [0.5, 0.6) is 11.5 Å². The lowest BCUT2D eigenvalue weighted by Gasteiger charge is -2.18. The summed E-state index contributed by atoms with van der Waals surface area (Å²) in [5, 5.41) is 22.6. The SMILES string of the molecule is CCOc1cccc(/C=N/NC(=O)CSc2n[nH]c(-c3ccc(C(C)(C)C)cc3)[n+]2-c2ccc(C)cc2)c1O. The molecule has 4 rings (SSSR count). The number of ether oxygens (including phenoxy) is 1. The van der Waals surface area contributed by atoms with Crippen molar-refractivity contribution in [1.82, 2.24) is 15.6 Å². The monoisotopic (exact) mass is 544 g/mol. The molecule has 202 valence electrons. The van der Waals surface area contributed by atoms with E-state index in [0.29, 0.717) is 23.1 Å². The molecule has 0 bridgehead atoms. The second kappa shape index (κ2) is 12.2. The van der Waals surface area contributed by atoms with Crippen molar-refractivity contribution >= 4 is 23.9 Å². The zero-order valence-electron chi connectivity index (χ0n) is 22.9. The van der Waals surface area contributed by atoms with E-state index >= 15 is 0 Å². The van der Waals surface area contributed by atoms with Crippen LogP contribution < -0.4 is 14.7 Å². The van der Waals surface area contributed by atoms with Crippen molar-refractivity contribution in [2.75, 3.05) is 12.4 Å². The van der Waals surface area contributed by atoms with E-state index in [2.05, 4.69) is 65.8 Å². The number of carbonyl (C=O) groups excluding carboxylic acids is 1. The fraction of sp³-hybridized carbons (Fsp3) is 0.267. The molecule has 0 spiro atoms. The standard InChI is InChI=1S/C30H33N5O3S/c1-6-38-25-9-7-8-22(27(25)37)18-31-32-26(36)19-39-29-34-33-28(35(29)24-16-10-20(2)11-17-24)21-12-14-23(15-13-21)30(3,4)5/h7-18H,6,19H2,1-5H3,(H2,31,32,36,37)/p+1. The minimum absolute atomic E-state index is 0.0227. The number of nitrogens with zero attached hydrogens (tertiary/aromatic N) is 3. The average molecular weight is 545 g/mol. The number of para-hydroxylation sites is 1. The number of aromatic nitrogens is 3. The third-order valence-electron chi connectivity index (χ3n) is 6.04. The highest BCUT2D eigenvalue weighted by Crippen LogP contribution is 2.29. The van der Waals surface area contributed by atoms with E-state index in [0.717, 1.165) is 22.6 Å². The highest BCUT2D eigenvalue weighted by molar-refractivity contribution is 7.99. The van der Waals surface area contributed by atoms with Gasteiger partial charge in [-0.05, 0) is 73.0 Å². The van der Waals surface area contributed by atoms with Crippen LogP contribution in [-0.2, 0) is 10.2 Å². The van der Waals surface area contributed by atoms with Crippen LogP contribution in [-0.4, -0.2) is 39.8 Å². The number of thioether (sulfide) groups is 1. The Balaban J connectivity index is 1.51. The second-order valence-corrected chi connectivity index (χ2v) is 11.0. The highest BCUT2D eigenvalue weighted by Gasteiger charge is 2.25. The number of hydrogen-bond acceptors (Lipinski definition) is 6. The first-order chi connectivity index (χ1) is 18.7. The number of aryl methyl sites for hydroxylation is 1. The Morgan fingerprint density at radius 1 is 1.13 bits per heavy atom. The molecule has 0 aliphatic rings. The van der Waals surface area contributed by atoms with Crippen molar-refractivity contribution in [3.63, 3.8) is 0 Å². The number of phenolic OH excluding ortho intramolecular Hbond substituents is 1. The zero-order valence-corrected chi connectivity index (χ0v) is 23.7. The van der Waals surface area contributed by atoms with E-state index in [1.165, 1.54) is 23.5 Å². The molecular weight excluding hydrogens is 510 g/mol. The van der Waals surface area contributed by atoms with Crippen LogP contribution in [0.15, 0.2) is 77.0 Å². The lowest BCUT2D eigenvalue weighted by atomic mass is 9.87. The van der Waals surface area contributed by atoms with Crippen molar-refractivity contribution in [3.8, 4) is 28.6 Å². The van der Waals surface area contributed by atoms with Crippen molar-refractivity contribution in [2.45, 2.75) is 45.2 Å². The Hall–Kier alpha value is -4.11. The molecule has 1 amide bonds. The maximum absolute atomic E-state index is 12.6. The summed E-state index contributed by atoms with van der Waals surface area (Å²) in [6.07, 6.45) is 1.39. The van der Waals surface area contributed by atoms with E-state index in [9.17, 15) is 9.90 Å². The summed E-state index contributed by atoms with van der Waals surface area (Å²) in [7, 11) is 0. The maximum Gasteiger partial charge on any atom is 0.342 e. The predicted molar refractivity (Wildman–Crippen MR) is 155 cm³/mol. The van der Waals surface area contributed by atoms with Gasteiger partial charge in [0.25, 0.3) is 11.7 Å². The van der Waals surface area contributed by atoms with Crippen LogP contribution >= 0.6 is 11.8 Å². The minimum Gasteiger partial charge on any atom is -0.504 e. The van der Waals surface area contributed by atoms with Crippen molar-refractivity contribution in [2.24, 2.45) is 5.10 Å². The Morgan fingerprint density at radius 3 is 2.51 bits per heavy atom. The van der Waals surface area contributed by atoms with Gasteiger partial charge in [0.15, 0.2) is 11.5 Å². The number of amides is 1. The largest absolute Gasteiger partial charge is 0.504 e. The first kappa shape index (κ1) is 27.9. The molecule has 9 heteroatoms. The molecule has 0 fully saturated rings. The first-order valence-corrected chi connectivity index (χ1v) is 13.7. The van der Waals surface area contributed by atoms with Crippen LogP contribution in [0.4, 0.5) is 0 Å². The van der Waals surface area contributed by atoms with Gasteiger partial charge in [-0.15, -0.1) is 5.10 Å². The molecule has 0 radical (unpaired) electrons. The quantitative estimate of drug-likeness (QED) is 0.115. The van der Waals surface area contributed by atoms with Gasteiger partial charge in [-0.1, -0.05) is 56.7 Å². The number of benzene rings is 3. The summed E-state index contributed by atoms with van der Waals surface area (Å²) in [6, 6.07) is 21.7. The number of rotatable bonds is 9. The maximum atomic E-state index is 12.6. The van der Waals surface area contributed by atoms with Crippen molar-refractivity contribution < 1.29 is 19.2 Å². The first-order valence-electron chi connectivity index (χ1n) is 12.7. The lowest BCUT2D eigenvalue weighted by molar-refractivity contribution is -0.625. The Kier molecular flexibility index (Phi) is 8.71. The molecule has 0 unspecified atom stereocenters. The zero-order chi connectivity index (χ0) is 28.0. The number of hydrazone groups is 1. The number of H-pyrrole nitrogens is 1. The Bertz CT molecular complexity index is 1460. The van der Waals surface area contributed by atoms with Crippen LogP contribution in [0.25, 0.3) is 17.1 Å². The van der Waals surface area contributed by atoms with Gasteiger partial charge in [0, 0.05) is 5.56 Å². The molecule has 8 nitrogen and oxygen atoms in total. The molecule has 1 heterocycles. The van der Waals surface area contributed by atoms with Gasteiger partial charge in [-0.25, -0.2) is 5.43 Å². The van der Waals surface area contributed by atoms with Gasteiger partial charge in [-0.3, -0.25) is 4.79 Å². The van der Waals surface area contributed by atoms with Gasteiger partial charge in [0.2, 0.25) is 0 Å². The number of hydrogen-bond donors (Lipinski definition) is 3. The van der Waals surface area contributed by atoms with Crippen LogP contribution in [0.2, 0.25) is 0 Å². The average Bonchev–Trinajstić information content (AvgIpc) is 3.33. The Labute approximate surface area is 233 Å². The number of carbonyl (C=O) groups is 1. The van der Waals surface area contributed by atoms with Gasteiger partial charge in [-0.2, -0.15) is 9.67 Å². The van der Waals surface area contributed by atoms with Crippen molar-refractivity contribution in [1.29, 1.82) is 0 Å². The summed E-state index contributed by atoms with van der Waals surface area (Å²) in [5.74, 6) is 0.967. The third kappa shape index (κ3) is 6.86. The minimum atomic E-state index is -0.300. The summed E-state index contributed by atoms with van der Waals surface area (Å²) in [6.45, 7) is 10.9. The third-order valence-corrected chi connectivity index (χ3v) is 6.98. The number of phenols is 1. The molecule has 0 saturated heterocycles. The number of aromatic hydroxyl groups is 1. The molecule has 3 N–H and O–H groups in total. The van der Waals surface area contributed by atoms with Gasteiger partial charge in [0.05, 0.1) is 29.2 Å². The molecule has 0 aliphatic carbocycles. The van der Waals surface area contributed by atoms with E-state index in [-0.39, 0.29) is 22.8 Å². The summed E-state index contributed by atoms with van der Waals surface area (Å²) < 4.78 is 7.40. The molecule has 0 atom stereocenters. The number of nitrogens with one attached hydrogen (secondary N) is 2. The van der Waals surface area contributed by atoms with Crippen molar-refractivity contribution in [3.05, 3.63) is 83.4 Å². The smallest absolute Gasteiger partial charge is 0.342 e. The molecule has 1 aromatic heterocycles. The van der Waals surface area contributed by atoms with E-state index in [1.54, 1.807) is 18.2 Å². The molecule has 0 aliphatic heterocycles. The lowest BCUT2D eigenvalue weighted by Crippen LogP contribution is -2.34. The van der Waals surface area contributed by atoms with Crippen LogP contribution in [0.1, 0.15) is 44.4 Å². The van der Waals surface area contributed by atoms with Crippen LogP contribution in [0, 0.1) is 6.92 Å². The molecule has 4 aromatic rings. The van der Waals surface area contributed by atoms with Gasteiger partial charge >= 0.3 is 5.16 Å². The fourth-order valence-electron chi connectivity index (χ4n) is 3.90. The highest BCUT2D eigenvalue weighted by atomic mass is 32.2. The number of aromatic amines is 1. The van der Waals surface area contributed by atoms with E-state index in [4.69, 9.17) is 4.74 Å². The van der Waals surface area contributed by atoms with Gasteiger partial charge in [0.1, 0.15) is 5.69 Å². The van der Waals surface area contributed by atoms with Gasteiger partial charge < -0.3 is 9.84 Å². The van der Waals surface area contributed by atoms with E-state index in [1.807, 2.05) is 42.7 Å². The second-order valence-electron chi connectivity index (χ2n) is 10.1.